The highest BCUT2D eigenvalue weighted by Crippen LogP contribution is 2.36. The molecule has 0 spiro atoms. The van der Waals surface area contributed by atoms with Crippen molar-refractivity contribution in [1.29, 1.82) is 0 Å². The number of ether oxygens (including phenoxy) is 2. The van der Waals surface area contributed by atoms with Crippen molar-refractivity contribution in [2.75, 3.05) is 44.9 Å². The van der Waals surface area contributed by atoms with E-state index in [4.69, 9.17) is 15.2 Å². The number of amides is 1. The Bertz CT molecular complexity index is 1300. The Morgan fingerprint density at radius 2 is 1.97 bits per heavy atom. The number of nitrogens with one attached hydrogen (secondary N) is 1. The van der Waals surface area contributed by atoms with E-state index >= 15 is 0 Å². The van der Waals surface area contributed by atoms with Gasteiger partial charge in [0.1, 0.15) is 11.5 Å². The molecule has 1 amide bonds. The SMILES string of the molecule is CCOc1ccc(-c2nnc(NC(=O)Cc3ccc4nc(N)sc4c3)s2)c(OCCCN(C)C)c1. The van der Waals surface area contributed by atoms with Crippen molar-refractivity contribution in [2.45, 2.75) is 19.8 Å². The van der Waals surface area contributed by atoms with Crippen molar-refractivity contribution >= 4 is 49.1 Å². The molecule has 0 atom stereocenters. The van der Waals surface area contributed by atoms with E-state index in [2.05, 4.69) is 25.4 Å². The van der Waals surface area contributed by atoms with Crippen LogP contribution in [0.3, 0.4) is 0 Å². The van der Waals surface area contributed by atoms with Crippen molar-refractivity contribution in [3.63, 3.8) is 0 Å². The molecule has 0 saturated carbocycles. The van der Waals surface area contributed by atoms with Crippen LogP contribution in [-0.2, 0) is 11.2 Å². The summed E-state index contributed by atoms with van der Waals surface area (Å²) in [6, 6.07) is 11.4. The zero-order valence-corrected chi connectivity index (χ0v) is 21.5. The van der Waals surface area contributed by atoms with Gasteiger partial charge in [0.15, 0.2) is 10.1 Å². The minimum Gasteiger partial charge on any atom is -0.494 e. The number of thiazole rings is 1. The minimum atomic E-state index is -0.170. The van der Waals surface area contributed by atoms with Crippen molar-refractivity contribution in [1.82, 2.24) is 20.1 Å². The van der Waals surface area contributed by atoms with Gasteiger partial charge in [-0.25, -0.2) is 4.98 Å². The summed E-state index contributed by atoms with van der Waals surface area (Å²) < 4.78 is 12.7. The van der Waals surface area contributed by atoms with Crippen LogP contribution in [0.2, 0.25) is 0 Å². The number of carbonyl (C=O) groups excluding carboxylic acids is 1. The van der Waals surface area contributed by atoms with Crippen LogP contribution in [0.15, 0.2) is 36.4 Å². The van der Waals surface area contributed by atoms with Gasteiger partial charge in [-0.05, 0) is 57.3 Å². The van der Waals surface area contributed by atoms with E-state index in [1.54, 1.807) is 0 Å². The summed E-state index contributed by atoms with van der Waals surface area (Å²) in [4.78, 5) is 19.0. The number of carbonyl (C=O) groups is 1. The molecule has 2 heterocycles. The van der Waals surface area contributed by atoms with Gasteiger partial charge in [0.2, 0.25) is 11.0 Å². The summed E-state index contributed by atoms with van der Waals surface area (Å²) in [7, 11) is 4.07. The number of benzene rings is 2. The number of nitrogens with two attached hydrogens (primary N) is 1. The van der Waals surface area contributed by atoms with Gasteiger partial charge in [0, 0.05) is 12.6 Å². The monoisotopic (exact) mass is 512 g/mol. The average Bonchev–Trinajstić information content (AvgIpc) is 3.42. The largest absolute Gasteiger partial charge is 0.494 e. The molecule has 9 nitrogen and oxygen atoms in total. The van der Waals surface area contributed by atoms with Crippen LogP contribution in [0.1, 0.15) is 18.9 Å². The zero-order chi connectivity index (χ0) is 24.8. The fourth-order valence-electron chi connectivity index (χ4n) is 3.45. The average molecular weight is 513 g/mol. The topological polar surface area (TPSA) is 115 Å². The molecule has 0 saturated heterocycles. The lowest BCUT2D eigenvalue weighted by Crippen LogP contribution is -2.15. The minimum absolute atomic E-state index is 0.170. The highest BCUT2D eigenvalue weighted by Gasteiger charge is 2.16. The van der Waals surface area contributed by atoms with Gasteiger partial charge in [0.05, 0.1) is 35.4 Å². The Labute approximate surface area is 211 Å². The number of nitrogens with zero attached hydrogens (tertiary/aromatic N) is 4. The Balaban J connectivity index is 1.44. The third-order valence-corrected chi connectivity index (χ3v) is 6.73. The van der Waals surface area contributed by atoms with Gasteiger partial charge in [-0.15, -0.1) is 10.2 Å². The Hall–Kier alpha value is -3.28. The fraction of sp³-hybridized carbons (Fsp3) is 0.333. The van der Waals surface area contributed by atoms with E-state index in [0.717, 1.165) is 40.1 Å². The number of hydrogen-bond acceptors (Lipinski definition) is 10. The summed E-state index contributed by atoms with van der Waals surface area (Å²) in [6.45, 7) is 4.01. The molecular formula is C24H28N6O3S2. The molecule has 4 aromatic rings. The van der Waals surface area contributed by atoms with Gasteiger partial charge < -0.3 is 25.4 Å². The van der Waals surface area contributed by atoms with Crippen LogP contribution < -0.4 is 20.5 Å². The molecular weight excluding hydrogens is 484 g/mol. The quantitative estimate of drug-likeness (QED) is 0.286. The van der Waals surface area contributed by atoms with Gasteiger partial charge >= 0.3 is 0 Å². The molecule has 35 heavy (non-hydrogen) atoms. The molecule has 184 valence electrons. The third kappa shape index (κ3) is 6.65. The predicted octanol–water partition coefficient (Wildman–Crippen LogP) is 4.31. The molecule has 3 N–H and O–H groups in total. The molecule has 0 aliphatic carbocycles. The molecule has 2 aromatic heterocycles. The van der Waals surface area contributed by atoms with Crippen LogP contribution in [0.25, 0.3) is 20.8 Å². The van der Waals surface area contributed by atoms with Crippen molar-refractivity contribution in [2.24, 2.45) is 0 Å². The van der Waals surface area contributed by atoms with E-state index < -0.39 is 0 Å². The summed E-state index contributed by atoms with van der Waals surface area (Å²) >= 11 is 2.70. The van der Waals surface area contributed by atoms with Gasteiger partial charge in [-0.2, -0.15) is 0 Å². The highest BCUT2D eigenvalue weighted by molar-refractivity contribution is 7.22. The van der Waals surface area contributed by atoms with E-state index in [-0.39, 0.29) is 12.3 Å². The van der Waals surface area contributed by atoms with Crippen LogP contribution in [0, 0.1) is 0 Å². The lowest BCUT2D eigenvalue weighted by molar-refractivity contribution is -0.115. The molecule has 0 unspecified atom stereocenters. The zero-order valence-electron chi connectivity index (χ0n) is 19.9. The summed E-state index contributed by atoms with van der Waals surface area (Å²) in [5, 5.41) is 12.9. The Kier molecular flexibility index (Phi) is 8.11. The summed E-state index contributed by atoms with van der Waals surface area (Å²) in [5.41, 5.74) is 8.29. The maximum atomic E-state index is 12.6. The molecule has 0 radical (unpaired) electrons. The highest BCUT2D eigenvalue weighted by atomic mass is 32.1. The summed E-state index contributed by atoms with van der Waals surface area (Å²) in [6.07, 6.45) is 1.11. The second-order valence-corrected chi connectivity index (χ2v) is 10.1. The number of hydrogen-bond donors (Lipinski definition) is 2. The van der Waals surface area contributed by atoms with E-state index in [1.807, 2.05) is 57.4 Å². The van der Waals surface area contributed by atoms with Crippen LogP contribution in [-0.4, -0.2) is 59.8 Å². The van der Waals surface area contributed by atoms with Crippen molar-refractivity contribution in [3.05, 3.63) is 42.0 Å². The molecule has 0 fully saturated rings. The summed E-state index contributed by atoms with van der Waals surface area (Å²) in [5.74, 6) is 1.24. The maximum absolute atomic E-state index is 12.6. The number of rotatable bonds is 11. The molecule has 0 aliphatic rings. The molecule has 2 aromatic carbocycles. The Morgan fingerprint density at radius 1 is 1.11 bits per heavy atom. The normalized spacial score (nSPS) is 11.2. The predicted molar refractivity (Wildman–Crippen MR) is 142 cm³/mol. The lowest BCUT2D eigenvalue weighted by atomic mass is 10.1. The molecule has 0 aliphatic heterocycles. The van der Waals surface area contributed by atoms with Gasteiger partial charge in [-0.1, -0.05) is 28.7 Å². The number of fused-ring (bicyclic) bond motifs is 1. The number of aromatic nitrogens is 3. The van der Waals surface area contributed by atoms with E-state index in [0.29, 0.717) is 34.2 Å². The first-order valence-corrected chi connectivity index (χ1v) is 12.9. The van der Waals surface area contributed by atoms with Crippen LogP contribution >= 0.6 is 22.7 Å². The van der Waals surface area contributed by atoms with Crippen LogP contribution in [0.5, 0.6) is 11.5 Å². The lowest BCUT2D eigenvalue weighted by Gasteiger charge is -2.13. The smallest absolute Gasteiger partial charge is 0.230 e. The fourth-order valence-corrected chi connectivity index (χ4v) is 5.03. The second-order valence-electron chi connectivity index (χ2n) is 8.09. The first-order valence-electron chi connectivity index (χ1n) is 11.2. The third-order valence-electron chi connectivity index (χ3n) is 5.01. The standard InChI is InChI=1S/C24H28N6O3S2/c1-4-32-16-7-8-17(19(14-16)33-11-5-10-30(2)3)22-28-29-24(35-22)27-21(31)13-15-6-9-18-20(12-15)34-23(25)26-18/h6-9,12,14H,4-5,10-11,13H2,1-3H3,(H2,25,26)(H,27,29,31). The second kappa shape index (κ2) is 11.4. The first kappa shape index (κ1) is 24.8. The van der Waals surface area contributed by atoms with Gasteiger partial charge in [0.25, 0.3) is 0 Å². The molecule has 11 heteroatoms. The Morgan fingerprint density at radius 3 is 2.77 bits per heavy atom. The number of anilines is 2. The van der Waals surface area contributed by atoms with Crippen LogP contribution in [0.4, 0.5) is 10.3 Å². The number of nitrogen functional groups attached to an aromatic ring is 1. The van der Waals surface area contributed by atoms with E-state index in [1.165, 1.54) is 22.7 Å². The van der Waals surface area contributed by atoms with Crippen molar-refractivity contribution in [3.8, 4) is 22.1 Å². The van der Waals surface area contributed by atoms with Gasteiger partial charge in [-0.3, -0.25) is 4.79 Å². The van der Waals surface area contributed by atoms with E-state index in [9.17, 15) is 4.79 Å². The van der Waals surface area contributed by atoms with Crippen molar-refractivity contribution < 1.29 is 14.3 Å². The maximum Gasteiger partial charge on any atom is 0.230 e. The molecule has 0 bridgehead atoms. The molecule has 4 rings (SSSR count). The first-order chi connectivity index (χ1) is 16.9.